The predicted octanol–water partition coefficient (Wildman–Crippen LogP) is 0.271. The Morgan fingerprint density at radius 2 is 1.87 bits per heavy atom. The fraction of sp³-hybridized carbons (Fsp3) is 0. The van der Waals surface area contributed by atoms with Crippen LogP contribution in [0.25, 0.3) is 0 Å². The Morgan fingerprint density at radius 3 is 2.27 bits per heavy atom. The highest BCUT2D eigenvalue weighted by molar-refractivity contribution is 7.90. The lowest BCUT2D eigenvalue weighted by molar-refractivity contribution is -0.384. The lowest BCUT2D eigenvalue weighted by atomic mass is 10.3. The number of nitrogens with two attached hydrogens (primary N) is 1. The molecule has 0 aromatic heterocycles. The molecule has 0 bridgehead atoms. The monoisotopic (exact) mass is 229 g/mol. The van der Waals surface area contributed by atoms with Gasteiger partial charge in [-0.3, -0.25) is 10.1 Å². The molecule has 1 aromatic rings. The molecule has 0 saturated heterocycles. The molecule has 0 aliphatic heterocycles. The molecule has 7 nitrogen and oxygen atoms in total. The highest BCUT2D eigenvalue weighted by Gasteiger charge is 2.13. The molecule has 0 aliphatic carbocycles. The maximum atomic E-state index is 11.3. The first-order valence-corrected chi connectivity index (χ1v) is 5.16. The molecule has 0 amide bonds. The van der Waals surface area contributed by atoms with E-state index in [1.807, 2.05) is 0 Å². The quantitative estimate of drug-likeness (QED) is 0.345. The number of sulfonamides is 1. The molecule has 0 radical (unpaired) electrons. The maximum Gasteiger partial charge on any atom is 0.283 e. The van der Waals surface area contributed by atoms with Gasteiger partial charge in [0, 0.05) is 12.1 Å². The Hall–Kier alpha value is -1.96. The minimum absolute atomic E-state index is 0.144. The second-order valence-corrected chi connectivity index (χ2v) is 4.11. The first kappa shape index (κ1) is 11.1. The molecule has 1 aromatic carbocycles. The van der Waals surface area contributed by atoms with E-state index in [1.165, 1.54) is 0 Å². The summed E-state index contributed by atoms with van der Waals surface area (Å²) in [6.07, 6.45) is 0.650. The molecule has 1 rings (SSSR count). The fourth-order valence-corrected chi connectivity index (χ4v) is 1.64. The Balaban J connectivity index is 3.15. The zero-order valence-corrected chi connectivity index (χ0v) is 8.22. The van der Waals surface area contributed by atoms with Gasteiger partial charge in [-0.15, -0.1) is 0 Å². The molecule has 15 heavy (non-hydrogen) atoms. The predicted molar refractivity (Wildman–Crippen MR) is 53.0 cm³/mol. The van der Waals surface area contributed by atoms with E-state index in [9.17, 15) is 18.5 Å². The first-order chi connectivity index (χ1) is 6.97. The van der Waals surface area contributed by atoms with Crippen LogP contribution in [0, 0.1) is 10.1 Å². The van der Waals surface area contributed by atoms with Crippen LogP contribution >= 0.6 is 0 Å². The van der Waals surface area contributed by atoms with Gasteiger partial charge in [0.2, 0.25) is 0 Å². The van der Waals surface area contributed by atoms with Crippen LogP contribution in [0.15, 0.2) is 33.6 Å². The summed E-state index contributed by atoms with van der Waals surface area (Å²) in [5.74, 6) is 0. The van der Waals surface area contributed by atoms with Crippen LogP contribution in [-0.4, -0.2) is 19.7 Å². The van der Waals surface area contributed by atoms with E-state index in [0.717, 1.165) is 24.3 Å². The van der Waals surface area contributed by atoms with Crippen molar-refractivity contribution in [2.75, 3.05) is 0 Å². The molecule has 80 valence electrons. The largest absolute Gasteiger partial charge is 0.389 e. The van der Waals surface area contributed by atoms with Crippen LogP contribution < -0.4 is 5.73 Å². The van der Waals surface area contributed by atoms with Gasteiger partial charge in [0.25, 0.3) is 15.7 Å². The van der Waals surface area contributed by atoms with E-state index in [0.29, 0.717) is 6.34 Å². The molecule has 0 heterocycles. The topological polar surface area (TPSA) is 116 Å². The number of benzene rings is 1. The van der Waals surface area contributed by atoms with E-state index < -0.39 is 14.9 Å². The van der Waals surface area contributed by atoms with E-state index in [1.54, 1.807) is 0 Å². The zero-order chi connectivity index (χ0) is 11.5. The molecule has 0 fully saturated rings. The van der Waals surface area contributed by atoms with Gasteiger partial charge in [0.15, 0.2) is 0 Å². The van der Waals surface area contributed by atoms with Crippen molar-refractivity contribution >= 4 is 22.0 Å². The van der Waals surface area contributed by atoms with E-state index in [2.05, 4.69) is 4.40 Å². The van der Waals surface area contributed by atoms with Gasteiger partial charge in [-0.2, -0.15) is 12.8 Å². The van der Waals surface area contributed by atoms with E-state index >= 15 is 0 Å². The fourth-order valence-electron chi connectivity index (χ4n) is 0.881. The third-order valence-electron chi connectivity index (χ3n) is 1.55. The maximum absolute atomic E-state index is 11.3. The number of rotatable bonds is 3. The Morgan fingerprint density at radius 1 is 1.33 bits per heavy atom. The van der Waals surface area contributed by atoms with Gasteiger partial charge in [-0.05, 0) is 12.1 Å². The summed E-state index contributed by atoms with van der Waals surface area (Å²) in [6.45, 7) is 0. The van der Waals surface area contributed by atoms with Crippen molar-refractivity contribution in [3.8, 4) is 0 Å². The number of nitro groups is 1. The van der Waals surface area contributed by atoms with Crippen molar-refractivity contribution in [1.82, 2.24) is 0 Å². The first-order valence-electron chi connectivity index (χ1n) is 3.72. The summed E-state index contributed by atoms with van der Waals surface area (Å²) in [4.78, 5) is 9.53. The van der Waals surface area contributed by atoms with Crippen LogP contribution in [0.3, 0.4) is 0 Å². The Labute approximate surface area is 85.4 Å². The molecule has 0 saturated carbocycles. The van der Waals surface area contributed by atoms with Crippen LogP contribution in [0.1, 0.15) is 0 Å². The third-order valence-corrected chi connectivity index (χ3v) is 2.81. The van der Waals surface area contributed by atoms with Crippen molar-refractivity contribution < 1.29 is 13.3 Å². The van der Waals surface area contributed by atoms with Crippen molar-refractivity contribution in [3.05, 3.63) is 34.4 Å². The third kappa shape index (κ3) is 2.50. The standard InChI is InChI=1S/C7H7N3O4S/c8-5-9-15(13,14)7-3-1-6(2-4-7)10(11)12/h1-5H,(H2,8,9). The van der Waals surface area contributed by atoms with Gasteiger partial charge in [0.05, 0.1) is 16.2 Å². The van der Waals surface area contributed by atoms with Gasteiger partial charge in [-0.25, -0.2) is 0 Å². The number of nitro benzene ring substituents is 1. The van der Waals surface area contributed by atoms with Crippen LogP contribution in [0.2, 0.25) is 0 Å². The number of hydrogen-bond acceptors (Lipinski definition) is 4. The summed E-state index contributed by atoms with van der Waals surface area (Å²) >= 11 is 0. The second-order valence-electron chi connectivity index (χ2n) is 2.48. The van der Waals surface area contributed by atoms with Crippen molar-refractivity contribution in [2.45, 2.75) is 4.90 Å². The highest BCUT2D eigenvalue weighted by Crippen LogP contribution is 2.16. The minimum atomic E-state index is -3.83. The summed E-state index contributed by atoms with van der Waals surface area (Å²) in [6, 6.07) is 4.36. The number of hydrogen-bond donors (Lipinski definition) is 1. The number of non-ortho nitro benzene ring substituents is 1. The SMILES string of the molecule is NC=NS(=O)(=O)c1ccc([N+](=O)[O-])cc1. The van der Waals surface area contributed by atoms with Crippen molar-refractivity contribution in [3.63, 3.8) is 0 Å². The number of nitrogens with zero attached hydrogens (tertiary/aromatic N) is 2. The molecule has 0 unspecified atom stereocenters. The average Bonchev–Trinajstić information content (AvgIpc) is 2.18. The summed E-state index contributed by atoms with van der Waals surface area (Å²) in [7, 11) is -3.83. The van der Waals surface area contributed by atoms with Gasteiger partial charge < -0.3 is 5.73 Å². The van der Waals surface area contributed by atoms with Crippen LogP contribution in [0.5, 0.6) is 0 Å². The molecule has 8 heteroatoms. The lowest BCUT2D eigenvalue weighted by Crippen LogP contribution is -2.00. The smallest absolute Gasteiger partial charge is 0.283 e. The van der Waals surface area contributed by atoms with Gasteiger partial charge in [-0.1, -0.05) is 0 Å². The Kier molecular flexibility index (Phi) is 3.00. The highest BCUT2D eigenvalue weighted by atomic mass is 32.2. The van der Waals surface area contributed by atoms with Crippen molar-refractivity contribution in [1.29, 1.82) is 0 Å². The second kappa shape index (κ2) is 4.05. The summed E-state index contributed by atoms with van der Waals surface area (Å²) in [5.41, 5.74) is 4.66. The lowest BCUT2D eigenvalue weighted by Gasteiger charge is -1.96. The van der Waals surface area contributed by atoms with Crippen molar-refractivity contribution in [2.24, 2.45) is 10.1 Å². The molecule has 0 aliphatic rings. The van der Waals surface area contributed by atoms with Crippen LogP contribution in [0.4, 0.5) is 5.69 Å². The Bertz CT molecular complexity index is 491. The molecular weight excluding hydrogens is 222 g/mol. The van der Waals surface area contributed by atoms with E-state index in [4.69, 9.17) is 5.73 Å². The normalized spacial score (nSPS) is 11.7. The summed E-state index contributed by atoms with van der Waals surface area (Å²) in [5, 5.41) is 10.3. The molecule has 2 N–H and O–H groups in total. The van der Waals surface area contributed by atoms with Gasteiger partial charge in [0.1, 0.15) is 0 Å². The van der Waals surface area contributed by atoms with Crippen LogP contribution in [-0.2, 0) is 10.0 Å². The molecular formula is C7H7N3O4S. The molecule has 0 atom stereocenters. The minimum Gasteiger partial charge on any atom is -0.389 e. The van der Waals surface area contributed by atoms with E-state index in [-0.39, 0.29) is 10.6 Å². The average molecular weight is 229 g/mol. The summed E-state index contributed by atoms with van der Waals surface area (Å²) < 4.78 is 25.6. The molecule has 0 spiro atoms. The zero-order valence-electron chi connectivity index (χ0n) is 7.40. The van der Waals surface area contributed by atoms with Gasteiger partial charge >= 0.3 is 0 Å².